The summed E-state index contributed by atoms with van der Waals surface area (Å²) in [4.78, 5) is -1.35. The molecule has 0 aromatic carbocycles. The van der Waals surface area contributed by atoms with Crippen molar-refractivity contribution in [3.63, 3.8) is 0 Å². The van der Waals surface area contributed by atoms with E-state index >= 15 is 0 Å². The average Bonchev–Trinajstić information content (AvgIpc) is 1.97. The van der Waals surface area contributed by atoms with E-state index in [9.17, 15) is 5.11 Å². The first-order valence-corrected chi connectivity index (χ1v) is 3.93. The monoisotopic (exact) mass is 196 g/mol. The van der Waals surface area contributed by atoms with Crippen molar-refractivity contribution in [2.75, 3.05) is 0 Å². The summed E-state index contributed by atoms with van der Waals surface area (Å²) in [6, 6.07) is 0. The number of aliphatic hydroxyl groups is 4. The lowest BCUT2D eigenvalue weighted by molar-refractivity contribution is -0.288. The Labute approximate surface area is 75.0 Å². The molecule has 12 heavy (non-hydrogen) atoms. The Hall–Kier alpha value is 0.150. The Balaban J connectivity index is 2.78. The maximum Gasteiger partial charge on any atom is 0.185 e. The van der Waals surface area contributed by atoms with Crippen LogP contribution >= 0.6 is 12.6 Å². The Bertz CT molecular complexity index is 173. The lowest BCUT2D eigenvalue weighted by atomic mass is 10.00. The van der Waals surface area contributed by atoms with Gasteiger partial charge < -0.3 is 25.2 Å². The van der Waals surface area contributed by atoms with Gasteiger partial charge in [-0.25, -0.2) is 0 Å². The van der Waals surface area contributed by atoms with Gasteiger partial charge in [-0.15, -0.1) is 12.6 Å². The van der Waals surface area contributed by atoms with Gasteiger partial charge in [0, 0.05) is 0 Å². The van der Waals surface area contributed by atoms with Crippen LogP contribution in [-0.4, -0.2) is 50.0 Å². The summed E-state index contributed by atoms with van der Waals surface area (Å²) in [6.45, 7) is 1.39. The third-order valence-corrected chi connectivity index (χ3v) is 2.24. The second-order valence-corrected chi connectivity index (χ2v) is 3.88. The maximum atomic E-state index is 9.27. The zero-order valence-electron chi connectivity index (χ0n) is 6.45. The Morgan fingerprint density at radius 1 is 1.17 bits per heavy atom. The number of thiol groups is 1. The molecule has 0 amide bonds. The van der Waals surface area contributed by atoms with E-state index in [2.05, 4.69) is 12.6 Å². The lowest BCUT2D eigenvalue weighted by Gasteiger charge is -2.42. The minimum absolute atomic E-state index is 1.33. The van der Waals surface area contributed by atoms with Gasteiger partial charge in [-0.3, -0.25) is 0 Å². The molecule has 72 valence electrons. The van der Waals surface area contributed by atoms with Crippen LogP contribution in [0, 0.1) is 0 Å². The van der Waals surface area contributed by atoms with Crippen molar-refractivity contribution in [2.45, 2.75) is 36.5 Å². The fraction of sp³-hybridized carbons (Fsp3) is 1.00. The van der Waals surface area contributed by atoms with E-state index in [0.717, 1.165) is 0 Å². The highest BCUT2D eigenvalue weighted by Gasteiger charge is 2.48. The zero-order chi connectivity index (χ0) is 9.52. The van der Waals surface area contributed by atoms with Crippen molar-refractivity contribution in [1.82, 2.24) is 0 Å². The van der Waals surface area contributed by atoms with Gasteiger partial charge in [-0.05, 0) is 6.92 Å². The quantitative estimate of drug-likeness (QED) is 0.291. The number of aliphatic hydroxyl groups excluding tert-OH is 4. The SMILES string of the molecule is C[C@@]1(S)OC(O)[C@@H](O)[C@@H](O)[C@@H]1O. The van der Waals surface area contributed by atoms with Crippen LogP contribution in [0.15, 0.2) is 0 Å². The zero-order valence-corrected chi connectivity index (χ0v) is 7.35. The van der Waals surface area contributed by atoms with Gasteiger partial charge in [0.2, 0.25) is 0 Å². The van der Waals surface area contributed by atoms with Crippen LogP contribution in [0.2, 0.25) is 0 Å². The second kappa shape index (κ2) is 3.13. The van der Waals surface area contributed by atoms with Crippen molar-refractivity contribution in [3.8, 4) is 0 Å². The normalized spacial score (nSPS) is 55.5. The molecule has 0 radical (unpaired) electrons. The Kier molecular flexibility index (Phi) is 2.67. The topological polar surface area (TPSA) is 90.2 Å². The molecule has 0 aromatic heterocycles. The molecule has 6 heteroatoms. The smallest absolute Gasteiger partial charge is 0.185 e. The van der Waals surface area contributed by atoms with Crippen LogP contribution in [0.25, 0.3) is 0 Å². The molecule has 1 heterocycles. The maximum absolute atomic E-state index is 9.27. The molecule has 0 spiro atoms. The molecule has 4 N–H and O–H groups in total. The largest absolute Gasteiger partial charge is 0.387 e. The van der Waals surface area contributed by atoms with E-state index in [1.165, 1.54) is 6.92 Å². The van der Waals surface area contributed by atoms with E-state index in [-0.39, 0.29) is 0 Å². The number of ether oxygens (including phenoxy) is 1. The molecule has 5 atom stereocenters. The molecule has 1 saturated heterocycles. The fourth-order valence-corrected chi connectivity index (χ4v) is 1.32. The summed E-state index contributed by atoms with van der Waals surface area (Å²) >= 11 is 3.87. The summed E-state index contributed by atoms with van der Waals surface area (Å²) in [6.07, 6.45) is -5.80. The lowest BCUT2D eigenvalue weighted by Crippen LogP contribution is -2.60. The minimum Gasteiger partial charge on any atom is -0.387 e. The third-order valence-electron chi connectivity index (χ3n) is 1.87. The third kappa shape index (κ3) is 1.59. The predicted octanol–water partition coefficient (Wildman–Crippen LogP) is -1.94. The summed E-state index contributed by atoms with van der Waals surface area (Å²) < 4.78 is 4.73. The molecule has 5 nitrogen and oxygen atoms in total. The average molecular weight is 196 g/mol. The summed E-state index contributed by atoms with van der Waals surface area (Å²) in [5, 5.41) is 36.5. The van der Waals surface area contributed by atoms with Crippen LogP contribution in [0.3, 0.4) is 0 Å². The number of hydrogen-bond donors (Lipinski definition) is 5. The predicted molar refractivity (Wildman–Crippen MR) is 42.5 cm³/mol. The van der Waals surface area contributed by atoms with Gasteiger partial charge in [-0.2, -0.15) is 0 Å². The van der Waals surface area contributed by atoms with Gasteiger partial charge in [0.1, 0.15) is 23.2 Å². The fourth-order valence-electron chi connectivity index (χ4n) is 1.06. The van der Waals surface area contributed by atoms with Gasteiger partial charge >= 0.3 is 0 Å². The first kappa shape index (κ1) is 10.2. The highest BCUT2D eigenvalue weighted by Crippen LogP contribution is 2.31. The van der Waals surface area contributed by atoms with Crippen LogP contribution in [0.5, 0.6) is 0 Å². The molecule has 1 aliphatic heterocycles. The summed E-state index contributed by atoms with van der Waals surface area (Å²) in [5.74, 6) is 0. The minimum atomic E-state index is -1.52. The number of rotatable bonds is 0. The first-order chi connectivity index (χ1) is 5.36. The van der Waals surface area contributed by atoms with Crippen molar-refractivity contribution in [3.05, 3.63) is 0 Å². The van der Waals surface area contributed by atoms with Crippen molar-refractivity contribution in [1.29, 1.82) is 0 Å². The van der Waals surface area contributed by atoms with Crippen molar-refractivity contribution < 1.29 is 25.2 Å². The Morgan fingerprint density at radius 3 is 2.17 bits per heavy atom. The highest BCUT2D eigenvalue weighted by atomic mass is 32.1. The summed E-state index contributed by atoms with van der Waals surface area (Å²) in [5.41, 5.74) is 0. The molecule has 0 saturated carbocycles. The van der Waals surface area contributed by atoms with E-state index < -0.39 is 29.5 Å². The first-order valence-electron chi connectivity index (χ1n) is 3.48. The molecule has 1 fully saturated rings. The van der Waals surface area contributed by atoms with Crippen LogP contribution in [0.1, 0.15) is 6.92 Å². The second-order valence-electron chi connectivity index (χ2n) is 2.99. The molecular weight excluding hydrogens is 184 g/mol. The highest BCUT2D eigenvalue weighted by molar-refractivity contribution is 7.81. The van der Waals surface area contributed by atoms with E-state index in [4.69, 9.17) is 20.1 Å². The van der Waals surface area contributed by atoms with Gasteiger partial charge in [0.05, 0.1) is 0 Å². The standard InChI is InChI=1S/C6H12O5S/c1-6(12)4(9)2(7)3(8)5(10)11-6/h2-5,7-10,12H,1H3/t2-,3+,4+,5?,6+/m1/s1. The van der Waals surface area contributed by atoms with E-state index in [0.29, 0.717) is 0 Å². The van der Waals surface area contributed by atoms with E-state index in [1.54, 1.807) is 0 Å². The van der Waals surface area contributed by atoms with Gasteiger partial charge in [-0.1, -0.05) is 0 Å². The Morgan fingerprint density at radius 2 is 1.67 bits per heavy atom. The van der Waals surface area contributed by atoms with Crippen molar-refractivity contribution >= 4 is 12.6 Å². The van der Waals surface area contributed by atoms with Gasteiger partial charge in [0.15, 0.2) is 6.29 Å². The van der Waals surface area contributed by atoms with Crippen molar-refractivity contribution in [2.24, 2.45) is 0 Å². The molecule has 0 aromatic rings. The molecule has 1 rings (SSSR count). The van der Waals surface area contributed by atoms with Gasteiger partial charge in [0.25, 0.3) is 0 Å². The molecule has 1 aliphatic rings. The number of hydrogen-bond acceptors (Lipinski definition) is 6. The molecule has 0 aliphatic carbocycles. The van der Waals surface area contributed by atoms with Crippen LogP contribution < -0.4 is 0 Å². The summed E-state index contributed by atoms with van der Waals surface area (Å²) in [7, 11) is 0. The molecule has 1 unspecified atom stereocenters. The van der Waals surface area contributed by atoms with Crippen LogP contribution in [-0.2, 0) is 4.74 Å². The van der Waals surface area contributed by atoms with Crippen LogP contribution in [0.4, 0.5) is 0 Å². The molecule has 0 bridgehead atoms. The van der Waals surface area contributed by atoms with E-state index in [1.807, 2.05) is 0 Å². The molecular formula is C6H12O5S.